The summed E-state index contributed by atoms with van der Waals surface area (Å²) in [5, 5.41) is 11.3. The summed E-state index contributed by atoms with van der Waals surface area (Å²) in [6.45, 7) is 2.39. The van der Waals surface area contributed by atoms with E-state index >= 15 is 0 Å². The maximum atomic E-state index is 12.7. The first-order valence-corrected chi connectivity index (χ1v) is 9.52. The normalized spacial score (nSPS) is 11.8. The van der Waals surface area contributed by atoms with E-state index in [9.17, 15) is 4.79 Å². The predicted octanol–water partition coefficient (Wildman–Crippen LogP) is 2.75. The molecule has 1 unspecified atom stereocenters. The Morgan fingerprint density at radius 2 is 1.97 bits per heavy atom. The van der Waals surface area contributed by atoms with Crippen LogP contribution in [0.15, 0.2) is 73.7 Å². The molecule has 0 spiro atoms. The average Bonchev–Trinajstić information content (AvgIpc) is 3.51. The number of hydrogen-bond acceptors (Lipinski definition) is 5. The van der Waals surface area contributed by atoms with Crippen LogP contribution in [0.4, 0.5) is 4.79 Å². The van der Waals surface area contributed by atoms with E-state index in [1.54, 1.807) is 40.0 Å². The molecule has 0 aliphatic carbocycles. The Bertz CT molecular complexity index is 1090. The lowest BCUT2D eigenvalue weighted by atomic mass is 10.1. The third-order valence-electron chi connectivity index (χ3n) is 4.95. The summed E-state index contributed by atoms with van der Waals surface area (Å²) in [7, 11) is 1.78. The number of nitrogens with zero attached hydrogens (tertiary/aromatic N) is 7. The minimum atomic E-state index is -0.152. The molecule has 9 heteroatoms. The zero-order chi connectivity index (χ0) is 20.9. The zero-order valence-electron chi connectivity index (χ0n) is 16.8. The molecule has 0 fully saturated rings. The summed E-state index contributed by atoms with van der Waals surface area (Å²) in [6.07, 6.45) is 8.38. The second-order valence-electron chi connectivity index (χ2n) is 6.85. The molecule has 1 atom stereocenters. The lowest BCUT2D eigenvalue weighted by Crippen LogP contribution is -2.38. The van der Waals surface area contributed by atoms with Crippen molar-refractivity contribution in [2.45, 2.75) is 19.5 Å². The van der Waals surface area contributed by atoms with Crippen LogP contribution in [-0.4, -0.2) is 47.5 Å². The fourth-order valence-electron chi connectivity index (χ4n) is 3.05. The Balaban J connectivity index is 1.37. The van der Waals surface area contributed by atoms with Gasteiger partial charge in [0.15, 0.2) is 5.82 Å². The molecule has 0 bridgehead atoms. The molecule has 9 nitrogen and oxygen atoms in total. The van der Waals surface area contributed by atoms with E-state index in [-0.39, 0.29) is 12.1 Å². The Labute approximate surface area is 174 Å². The van der Waals surface area contributed by atoms with Crippen LogP contribution < -0.4 is 5.32 Å². The SMILES string of the molecule is CC(c1ccc(-n2cncn2)cc1)N(C)C(=O)NCc1ccnc(-n2cccn2)c1. The standard InChI is InChI=1S/C21H22N8O/c1-16(18-4-6-19(7-5-18)29-15-22-14-26-29)27(2)21(30)24-13-17-8-10-23-20(12-17)28-11-3-9-25-28/h3-12,14-16H,13H2,1-2H3,(H,24,30). The summed E-state index contributed by atoms with van der Waals surface area (Å²) in [5.41, 5.74) is 2.89. The van der Waals surface area contributed by atoms with Gasteiger partial charge in [0.25, 0.3) is 0 Å². The van der Waals surface area contributed by atoms with Crippen molar-refractivity contribution in [2.75, 3.05) is 7.05 Å². The molecule has 0 aliphatic heterocycles. The monoisotopic (exact) mass is 402 g/mol. The van der Waals surface area contributed by atoms with Crippen molar-refractivity contribution in [3.8, 4) is 11.5 Å². The van der Waals surface area contributed by atoms with Crippen LogP contribution in [0, 0.1) is 0 Å². The first-order chi connectivity index (χ1) is 14.6. The Hall–Kier alpha value is -4.01. The van der Waals surface area contributed by atoms with E-state index in [1.807, 2.05) is 55.6 Å². The fraction of sp³-hybridized carbons (Fsp3) is 0.190. The van der Waals surface area contributed by atoms with Crippen LogP contribution in [0.5, 0.6) is 0 Å². The minimum absolute atomic E-state index is 0.0909. The maximum Gasteiger partial charge on any atom is 0.317 e. The molecule has 1 N–H and O–H groups in total. The second-order valence-corrected chi connectivity index (χ2v) is 6.85. The van der Waals surface area contributed by atoms with Gasteiger partial charge >= 0.3 is 6.03 Å². The Kier molecular flexibility index (Phi) is 5.51. The van der Waals surface area contributed by atoms with Crippen molar-refractivity contribution < 1.29 is 4.79 Å². The number of carbonyl (C=O) groups excluding carboxylic acids is 1. The first-order valence-electron chi connectivity index (χ1n) is 9.52. The van der Waals surface area contributed by atoms with Crippen molar-refractivity contribution in [3.05, 3.63) is 84.8 Å². The molecule has 152 valence electrons. The molecule has 0 radical (unpaired) electrons. The van der Waals surface area contributed by atoms with Crippen LogP contribution in [0.25, 0.3) is 11.5 Å². The number of pyridine rings is 1. The molecule has 4 rings (SSSR count). The summed E-state index contributed by atoms with van der Waals surface area (Å²) in [4.78, 5) is 22.6. The highest BCUT2D eigenvalue weighted by molar-refractivity contribution is 5.74. The van der Waals surface area contributed by atoms with Crippen molar-refractivity contribution in [1.82, 2.24) is 39.7 Å². The number of hydrogen-bond donors (Lipinski definition) is 1. The number of benzene rings is 1. The van der Waals surface area contributed by atoms with Gasteiger partial charge < -0.3 is 10.2 Å². The summed E-state index contributed by atoms with van der Waals surface area (Å²) in [6, 6.07) is 13.3. The molecule has 0 aliphatic rings. The quantitative estimate of drug-likeness (QED) is 0.535. The molecule has 2 amide bonds. The maximum absolute atomic E-state index is 12.7. The number of nitrogens with one attached hydrogen (secondary N) is 1. The van der Waals surface area contributed by atoms with Crippen molar-refractivity contribution >= 4 is 6.03 Å². The molecule has 3 heterocycles. The topological polar surface area (TPSA) is 93.8 Å². The molecular formula is C21H22N8O. The first kappa shape index (κ1) is 19.3. The van der Waals surface area contributed by atoms with Gasteiger partial charge in [0, 0.05) is 32.2 Å². The van der Waals surface area contributed by atoms with Crippen LogP contribution in [0.1, 0.15) is 24.1 Å². The summed E-state index contributed by atoms with van der Waals surface area (Å²) >= 11 is 0. The van der Waals surface area contributed by atoms with Gasteiger partial charge in [-0.15, -0.1) is 0 Å². The van der Waals surface area contributed by atoms with Crippen LogP contribution >= 0.6 is 0 Å². The van der Waals surface area contributed by atoms with Gasteiger partial charge in [-0.2, -0.15) is 10.2 Å². The number of urea groups is 1. The van der Waals surface area contributed by atoms with E-state index < -0.39 is 0 Å². The number of amides is 2. The van der Waals surface area contributed by atoms with Crippen LogP contribution in [0.2, 0.25) is 0 Å². The lowest BCUT2D eigenvalue weighted by molar-refractivity contribution is 0.194. The van der Waals surface area contributed by atoms with Crippen molar-refractivity contribution in [3.63, 3.8) is 0 Å². The smallest absolute Gasteiger partial charge is 0.317 e. The highest BCUT2D eigenvalue weighted by Crippen LogP contribution is 2.20. The predicted molar refractivity (Wildman–Crippen MR) is 111 cm³/mol. The second kappa shape index (κ2) is 8.56. The summed E-state index contributed by atoms with van der Waals surface area (Å²) in [5.74, 6) is 0.709. The summed E-state index contributed by atoms with van der Waals surface area (Å²) < 4.78 is 3.37. The minimum Gasteiger partial charge on any atom is -0.334 e. The Morgan fingerprint density at radius 1 is 1.13 bits per heavy atom. The van der Waals surface area contributed by atoms with E-state index in [1.165, 1.54) is 6.33 Å². The number of aromatic nitrogens is 6. The molecule has 30 heavy (non-hydrogen) atoms. The highest BCUT2D eigenvalue weighted by atomic mass is 16.2. The molecule has 3 aromatic heterocycles. The Morgan fingerprint density at radius 3 is 2.67 bits per heavy atom. The van der Waals surface area contributed by atoms with Crippen LogP contribution in [0.3, 0.4) is 0 Å². The molecule has 0 saturated carbocycles. The van der Waals surface area contributed by atoms with Gasteiger partial charge in [0.1, 0.15) is 12.7 Å². The van der Waals surface area contributed by atoms with Gasteiger partial charge in [-0.05, 0) is 48.4 Å². The molecular weight excluding hydrogens is 380 g/mol. The number of carbonyl (C=O) groups is 1. The molecule has 4 aromatic rings. The fourth-order valence-corrected chi connectivity index (χ4v) is 3.05. The average molecular weight is 402 g/mol. The van der Waals surface area contributed by atoms with E-state index in [0.29, 0.717) is 12.4 Å². The van der Waals surface area contributed by atoms with Gasteiger partial charge in [-0.3, -0.25) is 0 Å². The van der Waals surface area contributed by atoms with Crippen molar-refractivity contribution in [1.29, 1.82) is 0 Å². The number of rotatable bonds is 6. The highest BCUT2D eigenvalue weighted by Gasteiger charge is 2.17. The zero-order valence-corrected chi connectivity index (χ0v) is 16.8. The van der Waals surface area contributed by atoms with Crippen LogP contribution in [-0.2, 0) is 6.54 Å². The third kappa shape index (κ3) is 4.19. The van der Waals surface area contributed by atoms with E-state index in [2.05, 4.69) is 25.5 Å². The molecule has 1 aromatic carbocycles. The van der Waals surface area contributed by atoms with E-state index in [4.69, 9.17) is 0 Å². The van der Waals surface area contributed by atoms with Gasteiger partial charge in [-0.1, -0.05) is 12.1 Å². The van der Waals surface area contributed by atoms with Gasteiger partial charge in [0.2, 0.25) is 0 Å². The van der Waals surface area contributed by atoms with Crippen molar-refractivity contribution in [2.24, 2.45) is 0 Å². The van der Waals surface area contributed by atoms with Gasteiger partial charge in [-0.25, -0.2) is 24.1 Å². The molecule has 0 saturated heterocycles. The van der Waals surface area contributed by atoms with Gasteiger partial charge in [0.05, 0.1) is 11.7 Å². The third-order valence-corrected chi connectivity index (χ3v) is 4.95. The lowest BCUT2D eigenvalue weighted by Gasteiger charge is -2.26. The largest absolute Gasteiger partial charge is 0.334 e. The van der Waals surface area contributed by atoms with E-state index in [0.717, 1.165) is 16.8 Å².